The molecule has 3 rings (SSSR count). The van der Waals surface area contributed by atoms with Gasteiger partial charge in [0.25, 0.3) is 0 Å². The van der Waals surface area contributed by atoms with Crippen molar-refractivity contribution in [3.05, 3.63) is 54.1 Å². The van der Waals surface area contributed by atoms with Crippen LogP contribution in [0.1, 0.15) is 25.3 Å². The molecule has 1 amide bonds. The summed E-state index contributed by atoms with van der Waals surface area (Å²) in [5.41, 5.74) is 4.20. The van der Waals surface area contributed by atoms with Gasteiger partial charge in [0.15, 0.2) is 0 Å². The van der Waals surface area contributed by atoms with E-state index >= 15 is 0 Å². The van der Waals surface area contributed by atoms with Gasteiger partial charge in [-0.2, -0.15) is 0 Å². The fourth-order valence-electron chi connectivity index (χ4n) is 3.17. The number of amides is 1. The lowest BCUT2D eigenvalue weighted by molar-refractivity contribution is -0.114. The molecule has 0 bridgehead atoms. The minimum Gasteiger partial charge on any atom is -0.376 e. The van der Waals surface area contributed by atoms with Gasteiger partial charge in [0, 0.05) is 30.2 Å². The smallest absolute Gasteiger partial charge is 0.243 e. The zero-order chi connectivity index (χ0) is 17.6. The van der Waals surface area contributed by atoms with Gasteiger partial charge in [-0.25, -0.2) is 0 Å². The molecule has 4 nitrogen and oxygen atoms in total. The molecule has 132 valence electrons. The molecule has 1 fully saturated rings. The van der Waals surface area contributed by atoms with Crippen molar-refractivity contribution in [3.8, 4) is 0 Å². The minimum absolute atomic E-state index is 0.0419. The second-order valence-corrected chi connectivity index (χ2v) is 6.99. The van der Waals surface area contributed by atoms with Gasteiger partial charge >= 0.3 is 0 Å². The number of nitrogens with zero attached hydrogens (tertiary/aromatic N) is 1. The van der Waals surface area contributed by atoms with Crippen LogP contribution in [0.4, 0.5) is 17.1 Å². The fraction of sp³-hybridized carbons (Fsp3) is 0.381. The first kappa shape index (κ1) is 17.3. The summed E-state index contributed by atoms with van der Waals surface area (Å²) in [5.74, 6) is 0.795. The van der Waals surface area contributed by atoms with Gasteiger partial charge in [0.2, 0.25) is 5.91 Å². The van der Waals surface area contributed by atoms with E-state index in [9.17, 15) is 4.79 Å². The lowest BCUT2D eigenvalue weighted by atomic mass is 9.99. The van der Waals surface area contributed by atoms with Crippen LogP contribution in [-0.4, -0.2) is 25.5 Å². The highest BCUT2D eigenvalue weighted by atomic mass is 16.1. The van der Waals surface area contributed by atoms with Crippen molar-refractivity contribution < 1.29 is 4.79 Å². The van der Waals surface area contributed by atoms with Crippen molar-refractivity contribution in [1.82, 2.24) is 0 Å². The molecule has 0 unspecified atom stereocenters. The van der Waals surface area contributed by atoms with Crippen molar-refractivity contribution in [2.75, 3.05) is 35.2 Å². The topological polar surface area (TPSA) is 44.4 Å². The van der Waals surface area contributed by atoms with Crippen molar-refractivity contribution in [2.45, 2.75) is 26.7 Å². The number of carbonyl (C=O) groups excluding carboxylic acids is 1. The first-order chi connectivity index (χ1) is 12.1. The maximum absolute atomic E-state index is 12.1. The zero-order valence-corrected chi connectivity index (χ0v) is 15.1. The van der Waals surface area contributed by atoms with Crippen LogP contribution >= 0.6 is 0 Å². The molecule has 2 aromatic rings. The maximum atomic E-state index is 12.1. The molecule has 0 atom stereocenters. The average Bonchev–Trinajstić information content (AvgIpc) is 2.61. The molecular weight excluding hydrogens is 310 g/mol. The Labute approximate surface area is 150 Å². The van der Waals surface area contributed by atoms with E-state index in [4.69, 9.17) is 0 Å². The Morgan fingerprint density at radius 1 is 1.08 bits per heavy atom. The standard InChI is InChI=1S/C21H27N3O/c1-16-10-12-24(13-11-16)20-8-6-18(7-9-20)22-15-21(25)23-19-5-3-4-17(2)14-19/h3-9,14,16,22H,10-13,15H2,1-2H3,(H,23,25). The molecular formula is C21H27N3O. The first-order valence-corrected chi connectivity index (χ1v) is 9.05. The lowest BCUT2D eigenvalue weighted by Crippen LogP contribution is -2.32. The van der Waals surface area contributed by atoms with Gasteiger partial charge < -0.3 is 15.5 Å². The summed E-state index contributed by atoms with van der Waals surface area (Å²) in [4.78, 5) is 14.5. The van der Waals surface area contributed by atoms with E-state index < -0.39 is 0 Å². The number of piperidine rings is 1. The zero-order valence-electron chi connectivity index (χ0n) is 15.1. The number of hydrogen-bond acceptors (Lipinski definition) is 3. The molecule has 1 heterocycles. The molecule has 2 N–H and O–H groups in total. The number of anilines is 3. The summed E-state index contributed by atoms with van der Waals surface area (Å²) in [7, 11) is 0. The molecule has 0 radical (unpaired) electrons. The quantitative estimate of drug-likeness (QED) is 0.856. The van der Waals surface area contributed by atoms with Crippen LogP contribution in [-0.2, 0) is 4.79 Å². The SMILES string of the molecule is Cc1cccc(NC(=O)CNc2ccc(N3CCC(C)CC3)cc2)c1. The third-order valence-corrected chi connectivity index (χ3v) is 4.77. The Morgan fingerprint density at radius 3 is 2.48 bits per heavy atom. The Balaban J connectivity index is 1.49. The number of benzene rings is 2. The van der Waals surface area contributed by atoms with Crippen molar-refractivity contribution in [1.29, 1.82) is 0 Å². The van der Waals surface area contributed by atoms with Gasteiger partial charge in [-0.3, -0.25) is 4.79 Å². The predicted molar refractivity (Wildman–Crippen MR) is 105 cm³/mol. The van der Waals surface area contributed by atoms with Crippen LogP contribution in [0.15, 0.2) is 48.5 Å². The van der Waals surface area contributed by atoms with E-state index in [-0.39, 0.29) is 12.5 Å². The van der Waals surface area contributed by atoms with Gasteiger partial charge in [-0.15, -0.1) is 0 Å². The molecule has 25 heavy (non-hydrogen) atoms. The van der Waals surface area contributed by atoms with Crippen LogP contribution in [0.5, 0.6) is 0 Å². The van der Waals surface area contributed by atoms with Crippen LogP contribution in [0, 0.1) is 12.8 Å². The Morgan fingerprint density at radius 2 is 1.80 bits per heavy atom. The second kappa shape index (κ2) is 8.06. The lowest BCUT2D eigenvalue weighted by Gasteiger charge is -2.32. The van der Waals surface area contributed by atoms with E-state index in [0.717, 1.165) is 35.9 Å². The molecule has 1 saturated heterocycles. The normalized spacial score (nSPS) is 15.0. The number of hydrogen-bond donors (Lipinski definition) is 2. The number of nitrogens with one attached hydrogen (secondary N) is 2. The van der Waals surface area contributed by atoms with Crippen molar-refractivity contribution in [3.63, 3.8) is 0 Å². The predicted octanol–water partition coefficient (Wildman–Crippen LogP) is 4.28. The number of rotatable bonds is 5. The Hall–Kier alpha value is -2.49. The molecule has 2 aromatic carbocycles. The van der Waals surface area contributed by atoms with Gasteiger partial charge in [0.1, 0.15) is 0 Å². The van der Waals surface area contributed by atoms with Crippen LogP contribution in [0.2, 0.25) is 0 Å². The highest BCUT2D eigenvalue weighted by Crippen LogP contribution is 2.24. The van der Waals surface area contributed by atoms with Crippen molar-refractivity contribution in [2.24, 2.45) is 5.92 Å². The van der Waals surface area contributed by atoms with Crippen LogP contribution in [0.3, 0.4) is 0 Å². The maximum Gasteiger partial charge on any atom is 0.243 e. The second-order valence-electron chi connectivity index (χ2n) is 6.99. The highest BCUT2D eigenvalue weighted by molar-refractivity contribution is 5.93. The van der Waals surface area contributed by atoms with Crippen LogP contribution < -0.4 is 15.5 Å². The van der Waals surface area contributed by atoms with E-state index in [1.54, 1.807) is 0 Å². The summed E-state index contributed by atoms with van der Waals surface area (Å²) >= 11 is 0. The van der Waals surface area contributed by atoms with E-state index in [1.807, 2.05) is 43.3 Å². The summed E-state index contributed by atoms with van der Waals surface area (Å²) in [5, 5.41) is 6.10. The molecule has 4 heteroatoms. The molecule has 0 saturated carbocycles. The monoisotopic (exact) mass is 337 g/mol. The van der Waals surface area contributed by atoms with Gasteiger partial charge in [-0.1, -0.05) is 19.1 Å². The van der Waals surface area contributed by atoms with Crippen molar-refractivity contribution >= 4 is 23.0 Å². The molecule has 0 aromatic heterocycles. The summed E-state index contributed by atoms with van der Waals surface area (Å²) in [6.07, 6.45) is 2.53. The fourth-order valence-corrected chi connectivity index (χ4v) is 3.17. The largest absolute Gasteiger partial charge is 0.376 e. The Kier molecular flexibility index (Phi) is 5.59. The summed E-state index contributed by atoms with van der Waals surface area (Å²) in [6, 6.07) is 16.2. The summed E-state index contributed by atoms with van der Waals surface area (Å²) < 4.78 is 0. The average molecular weight is 337 g/mol. The number of aryl methyl sites for hydroxylation is 1. The summed E-state index contributed by atoms with van der Waals surface area (Å²) in [6.45, 7) is 6.86. The first-order valence-electron chi connectivity index (χ1n) is 9.05. The molecule has 1 aliphatic heterocycles. The molecule has 0 aliphatic carbocycles. The van der Waals surface area contributed by atoms with E-state index in [0.29, 0.717) is 0 Å². The third kappa shape index (κ3) is 4.99. The minimum atomic E-state index is -0.0419. The molecule has 0 spiro atoms. The van der Waals surface area contributed by atoms with Gasteiger partial charge in [0.05, 0.1) is 6.54 Å². The van der Waals surface area contributed by atoms with Gasteiger partial charge in [-0.05, 0) is 67.6 Å². The van der Waals surface area contributed by atoms with Crippen LogP contribution in [0.25, 0.3) is 0 Å². The van der Waals surface area contributed by atoms with E-state index in [2.05, 4.69) is 34.6 Å². The molecule has 1 aliphatic rings. The Bertz CT molecular complexity index is 703. The third-order valence-electron chi connectivity index (χ3n) is 4.77. The number of carbonyl (C=O) groups is 1. The van der Waals surface area contributed by atoms with E-state index in [1.165, 1.54) is 18.5 Å². The highest BCUT2D eigenvalue weighted by Gasteiger charge is 2.15.